The topological polar surface area (TPSA) is 69.0 Å². The Morgan fingerprint density at radius 1 is 1.20 bits per heavy atom. The lowest BCUT2D eigenvalue weighted by Crippen LogP contribution is -2.31. The third-order valence-electron chi connectivity index (χ3n) is 6.06. The average Bonchev–Trinajstić information content (AvgIpc) is 3.42. The van der Waals surface area contributed by atoms with E-state index in [0.717, 1.165) is 59.0 Å². The lowest BCUT2D eigenvalue weighted by Gasteiger charge is -2.27. The van der Waals surface area contributed by atoms with Crippen LogP contribution in [0, 0.1) is 13.8 Å². The molecule has 1 saturated heterocycles. The van der Waals surface area contributed by atoms with Gasteiger partial charge in [0.1, 0.15) is 11.5 Å². The Labute approximate surface area is 176 Å². The van der Waals surface area contributed by atoms with Crippen molar-refractivity contribution in [3.05, 3.63) is 53.0 Å². The third-order valence-corrected chi connectivity index (χ3v) is 6.06. The molecule has 0 radical (unpaired) electrons. The van der Waals surface area contributed by atoms with E-state index in [1.165, 1.54) is 0 Å². The smallest absolute Gasteiger partial charge is 0.223 e. The number of carbonyl (C=O) groups excluding carboxylic acids is 1. The van der Waals surface area contributed by atoms with E-state index in [0.29, 0.717) is 12.8 Å². The molecule has 0 aliphatic carbocycles. The van der Waals surface area contributed by atoms with E-state index in [9.17, 15) is 4.79 Å². The van der Waals surface area contributed by atoms with Crippen LogP contribution in [0.4, 0.5) is 0 Å². The molecule has 1 aliphatic rings. The molecule has 1 atom stereocenters. The molecular weight excluding hydrogens is 380 g/mol. The highest BCUT2D eigenvalue weighted by Crippen LogP contribution is 2.39. The molecule has 7 nitrogen and oxygen atoms in total. The number of rotatable bonds is 6. The first kappa shape index (κ1) is 20.2. The SMILES string of the molecule is COc1ccc(C2CCCN2C(=O)CCc2c(C)nc3ccnn3c2C)c(OC)c1. The summed E-state index contributed by atoms with van der Waals surface area (Å²) in [5.41, 5.74) is 4.98. The normalized spacial score (nSPS) is 16.3. The molecule has 0 saturated carbocycles. The molecule has 7 heteroatoms. The van der Waals surface area contributed by atoms with Gasteiger partial charge in [-0.25, -0.2) is 9.50 Å². The number of aryl methyl sites for hydroxylation is 2. The monoisotopic (exact) mass is 408 g/mol. The largest absolute Gasteiger partial charge is 0.497 e. The quantitative estimate of drug-likeness (QED) is 0.623. The first-order valence-corrected chi connectivity index (χ1v) is 10.3. The first-order valence-electron chi connectivity index (χ1n) is 10.3. The van der Waals surface area contributed by atoms with Gasteiger partial charge in [-0.3, -0.25) is 4.79 Å². The number of amides is 1. The molecule has 0 bridgehead atoms. The average molecular weight is 409 g/mol. The second kappa shape index (κ2) is 8.34. The number of benzene rings is 1. The minimum atomic E-state index is 0.0345. The van der Waals surface area contributed by atoms with Crippen LogP contribution in [0.15, 0.2) is 30.5 Å². The second-order valence-corrected chi connectivity index (χ2v) is 7.72. The van der Waals surface area contributed by atoms with Crippen molar-refractivity contribution < 1.29 is 14.3 Å². The van der Waals surface area contributed by atoms with Crippen LogP contribution in [-0.2, 0) is 11.2 Å². The summed E-state index contributed by atoms with van der Waals surface area (Å²) in [6.45, 7) is 4.81. The van der Waals surface area contributed by atoms with Crippen LogP contribution in [0.5, 0.6) is 11.5 Å². The zero-order valence-electron chi connectivity index (χ0n) is 18.0. The Kier molecular flexibility index (Phi) is 5.61. The van der Waals surface area contributed by atoms with E-state index < -0.39 is 0 Å². The summed E-state index contributed by atoms with van der Waals surface area (Å²) in [4.78, 5) is 19.8. The Balaban J connectivity index is 1.52. The van der Waals surface area contributed by atoms with Gasteiger partial charge in [0, 0.05) is 42.0 Å². The fourth-order valence-corrected chi connectivity index (χ4v) is 4.49. The number of fused-ring (bicyclic) bond motifs is 1. The number of nitrogens with zero attached hydrogens (tertiary/aromatic N) is 4. The van der Waals surface area contributed by atoms with Gasteiger partial charge in [0.05, 0.1) is 26.5 Å². The van der Waals surface area contributed by atoms with Crippen LogP contribution >= 0.6 is 0 Å². The van der Waals surface area contributed by atoms with Gasteiger partial charge in [-0.2, -0.15) is 5.10 Å². The molecule has 158 valence electrons. The minimum Gasteiger partial charge on any atom is -0.497 e. The maximum Gasteiger partial charge on any atom is 0.223 e. The van der Waals surface area contributed by atoms with Gasteiger partial charge < -0.3 is 14.4 Å². The van der Waals surface area contributed by atoms with Crippen molar-refractivity contribution in [1.82, 2.24) is 19.5 Å². The molecule has 1 amide bonds. The molecule has 1 aromatic carbocycles. The Hall–Kier alpha value is -3.09. The van der Waals surface area contributed by atoms with Crippen molar-refractivity contribution >= 4 is 11.6 Å². The van der Waals surface area contributed by atoms with E-state index in [1.807, 2.05) is 47.5 Å². The highest BCUT2D eigenvalue weighted by molar-refractivity contribution is 5.77. The Bertz CT molecular complexity index is 1080. The van der Waals surface area contributed by atoms with Crippen LogP contribution in [0.1, 0.15) is 47.8 Å². The van der Waals surface area contributed by atoms with Gasteiger partial charge in [0.15, 0.2) is 5.65 Å². The van der Waals surface area contributed by atoms with Crippen LogP contribution in [0.3, 0.4) is 0 Å². The molecule has 4 rings (SSSR count). The Morgan fingerprint density at radius 2 is 2.03 bits per heavy atom. The number of ether oxygens (including phenoxy) is 2. The zero-order chi connectivity index (χ0) is 21.3. The molecule has 30 heavy (non-hydrogen) atoms. The van der Waals surface area contributed by atoms with Gasteiger partial charge in [0.2, 0.25) is 5.91 Å². The predicted molar refractivity (Wildman–Crippen MR) is 114 cm³/mol. The van der Waals surface area contributed by atoms with E-state index in [2.05, 4.69) is 10.1 Å². The van der Waals surface area contributed by atoms with Crippen molar-refractivity contribution in [3.8, 4) is 11.5 Å². The summed E-state index contributed by atoms with van der Waals surface area (Å²) in [6.07, 6.45) is 4.78. The van der Waals surface area contributed by atoms with Crippen LogP contribution in [0.25, 0.3) is 5.65 Å². The summed E-state index contributed by atoms with van der Waals surface area (Å²) < 4.78 is 12.7. The second-order valence-electron chi connectivity index (χ2n) is 7.72. The standard InChI is InChI=1S/C23H28N4O3/c1-15-18(16(2)27-22(25-15)11-12-24-27)9-10-23(28)26-13-5-6-20(26)19-8-7-17(29-3)14-21(19)30-4/h7-8,11-12,14,20H,5-6,9-10,13H2,1-4H3. The number of likely N-dealkylation sites (tertiary alicyclic amines) is 1. The van der Waals surface area contributed by atoms with Gasteiger partial charge in [0.25, 0.3) is 0 Å². The molecule has 1 fully saturated rings. The molecule has 0 spiro atoms. The molecule has 0 N–H and O–H groups in total. The van der Waals surface area contributed by atoms with E-state index in [4.69, 9.17) is 9.47 Å². The fourth-order valence-electron chi connectivity index (χ4n) is 4.49. The van der Waals surface area contributed by atoms with Crippen molar-refractivity contribution in [2.45, 2.75) is 45.6 Å². The summed E-state index contributed by atoms with van der Waals surface area (Å²) in [6, 6.07) is 7.75. The molecular formula is C23H28N4O3. The predicted octanol–water partition coefficient (Wildman–Crippen LogP) is 3.66. The van der Waals surface area contributed by atoms with Gasteiger partial charge >= 0.3 is 0 Å². The van der Waals surface area contributed by atoms with Crippen LogP contribution < -0.4 is 9.47 Å². The zero-order valence-corrected chi connectivity index (χ0v) is 18.0. The maximum absolute atomic E-state index is 13.2. The summed E-state index contributed by atoms with van der Waals surface area (Å²) >= 11 is 0. The fraction of sp³-hybridized carbons (Fsp3) is 0.435. The number of hydrogen-bond acceptors (Lipinski definition) is 5. The van der Waals surface area contributed by atoms with E-state index in [1.54, 1.807) is 20.4 Å². The minimum absolute atomic E-state index is 0.0345. The van der Waals surface area contributed by atoms with Crippen molar-refractivity contribution in [2.24, 2.45) is 0 Å². The number of methoxy groups -OCH3 is 2. The lowest BCUT2D eigenvalue weighted by atomic mass is 10.0. The highest BCUT2D eigenvalue weighted by atomic mass is 16.5. The van der Waals surface area contributed by atoms with Gasteiger partial charge in [-0.1, -0.05) is 0 Å². The third kappa shape index (κ3) is 3.60. The van der Waals surface area contributed by atoms with Crippen LogP contribution in [-0.4, -0.2) is 46.2 Å². The van der Waals surface area contributed by atoms with Crippen molar-refractivity contribution in [1.29, 1.82) is 0 Å². The molecule has 2 aromatic heterocycles. The maximum atomic E-state index is 13.2. The van der Waals surface area contributed by atoms with Gasteiger partial charge in [-0.05, 0) is 50.8 Å². The van der Waals surface area contributed by atoms with E-state index in [-0.39, 0.29) is 11.9 Å². The van der Waals surface area contributed by atoms with Crippen molar-refractivity contribution in [2.75, 3.05) is 20.8 Å². The molecule has 1 unspecified atom stereocenters. The van der Waals surface area contributed by atoms with Crippen molar-refractivity contribution in [3.63, 3.8) is 0 Å². The van der Waals surface area contributed by atoms with Crippen LogP contribution in [0.2, 0.25) is 0 Å². The van der Waals surface area contributed by atoms with E-state index >= 15 is 0 Å². The lowest BCUT2D eigenvalue weighted by molar-refractivity contribution is -0.132. The molecule has 3 heterocycles. The van der Waals surface area contributed by atoms with Gasteiger partial charge in [-0.15, -0.1) is 0 Å². The molecule has 1 aliphatic heterocycles. The highest BCUT2D eigenvalue weighted by Gasteiger charge is 2.32. The Morgan fingerprint density at radius 3 is 2.80 bits per heavy atom. The first-order chi connectivity index (χ1) is 14.5. The number of hydrogen-bond donors (Lipinski definition) is 0. The summed E-state index contributed by atoms with van der Waals surface area (Å²) in [7, 11) is 3.29. The molecule has 3 aromatic rings. The number of carbonyl (C=O) groups is 1. The number of aromatic nitrogens is 3. The summed E-state index contributed by atoms with van der Waals surface area (Å²) in [5, 5.41) is 4.34. The summed E-state index contributed by atoms with van der Waals surface area (Å²) in [5.74, 6) is 1.67.